The molecule has 0 aliphatic carbocycles. The van der Waals surface area contributed by atoms with Crippen molar-refractivity contribution < 1.29 is 13.2 Å². The lowest BCUT2D eigenvalue weighted by molar-refractivity contribution is -0.137. The Hall–Kier alpha value is -6.58. The maximum absolute atomic E-state index is 13.7. The van der Waals surface area contributed by atoms with Crippen LogP contribution in [0.2, 0.25) is 0 Å². The van der Waals surface area contributed by atoms with Crippen LogP contribution < -0.4 is 0 Å². The molecular formula is C47H32F3N3. The molecule has 256 valence electrons. The second-order valence-electron chi connectivity index (χ2n) is 13.8. The molecule has 0 unspecified atom stereocenters. The molecule has 0 spiro atoms. The number of aryl methyl sites for hydroxylation is 3. The number of fused-ring (bicyclic) bond motifs is 6. The Balaban J connectivity index is 1.36. The van der Waals surface area contributed by atoms with E-state index in [1.165, 1.54) is 11.6 Å². The van der Waals surface area contributed by atoms with E-state index in [-0.39, 0.29) is 0 Å². The lowest BCUT2D eigenvalue weighted by Crippen LogP contribution is -2.05. The topological polar surface area (TPSA) is 14.2 Å². The highest BCUT2D eigenvalue weighted by atomic mass is 19.4. The molecule has 0 bridgehead atoms. The van der Waals surface area contributed by atoms with Crippen LogP contribution >= 0.6 is 0 Å². The van der Waals surface area contributed by atoms with E-state index in [0.717, 1.165) is 83.3 Å². The summed E-state index contributed by atoms with van der Waals surface area (Å²) >= 11 is 0. The Labute approximate surface area is 304 Å². The first kappa shape index (κ1) is 32.3. The standard InChI is InChI=1S/C47H32F3N3/c1-28-13-20-44-38(23-28)35-9-5-7-11-42(35)52(44)33-17-19-41(51-4)37(27-33)40-26-31(34-18-16-32(25-30(34)3)47(48,49)50)15-22-46(40)53-43-12-8-6-10-36(43)39-24-29(2)14-21-45(39)53/h5-27H,1-3H3. The van der Waals surface area contributed by atoms with Crippen molar-refractivity contribution in [3.8, 4) is 33.6 Å². The maximum Gasteiger partial charge on any atom is 0.416 e. The van der Waals surface area contributed by atoms with Crippen LogP contribution in [0.3, 0.4) is 0 Å². The predicted molar refractivity (Wildman–Crippen MR) is 211 cm³/mol. The third-order valence-electron chi connectivity index (χ3n) is 10.4. The summed E-state index contributed by atoms with van der Waals surface area (Å²) < 4.78 is 45.6. The number of hydrogen-bond acceptors (Lipinski definition) is 0. The number of para-hydroxylation sites is 2. The maximum atomic E-state index is 13.7. The summed E-state index contributed by atoms with van der Waals surface area (Å²) in [5, 5.41) is 4.52. The first-order valence-electron chi connectivity index (χ1n) is 17.5. The highest BCUT2D eigenvalue weighted by Crippen LogP contribution is 2.44. The quantitative estimate of drug-likeness (QED) is 0.163. The van der Waals surface area contributed by atoms with Crippen LogP contribution in [-0.4, -0.2) is 9.13 Å². The Bertz CT molecular complexity index is 2990. The molecule has 0 saturated heterocycles. The van der Waals surface area contributed by atoms with Crippen molar-refractivity contribution in [2.45, 2.75) is 26.9 Å². The van der Waals surface area contributed by atoms with Gasteiger partial charge in [-0.05, 0) is 121 Å². The highest BCUT2D eigenvalue weighted by molar-refractivity contribution is 6.11. The number of rotatable bonds is 4. The van der Waals surface area contributed by atoms with E-state index in [0.29, 0.717) is 16.8 Å². The average molecular weight is 696 g/mol. The molecule has 3 nitrogen and oxygen atoms in total. The lowest BCUT2D eigenvalue weighted by Gasteiger charge is -2.19. The van der Waals surface area contributed by atoms with E-state index in [2.05, 4.69) is 101 Å². The molecule has 53 heavy (non-hydrogen) atoms. The van der Waals surface area contributed by atoms with Gasteiger partial charge in [0.25, 0.3) is 0 Å². The van der Waals surface area contributed by atoms with Gasteiger partial charge in [0.15, 0.2) is 5.69 Å². The van der Waals surface area contributed by atoms with Gasteiger partial charge < -0.3 is 9.13 Å². The van der Waals surface area contributed by atoms with Crippen molar-refractivity contribution in [2.24, 2.45) is 0 Å². The van der Waals surface area contributed by atoms with Crippen molar-refractivity contribution in [1.29, 1.82) is 0 Å². The third-order valence-corrected chi connectivity index (χ3v) is 10.4. The molecular weight excluding hydrogens is 664 g/mol. The summed E-state index contributed by atoms with van der Waals surface area (Å²) in [5.74, 6) is 0. The summed E-state index contributed by atoms with van der Waals surface area (Å²) in [7, 11) is 0. The molecule has 9 aromatic rings. The summed E-state index contributed by atoms with van der Waals surface area (Å²) in [6.45, 7) is 14.2. The van der Waals surface area contributed by atoms with Gasteiger partial charge in [-0.3, -0.25) is 0 Å². The molecule has 7 aromatic carbocycles. The Morgan fingerprint density at radius 3 is 1.74 bits per heavy atom. The van der Waals surface area contributed by atoms with E-state index >= 15 is 0 Å². The monoisotopic (exact) mass is 695 g/mol. The van der Waals surface area contributed by atoms with Crippen LogP contribution in [0.5, 0.6) is 0 Å². The molecule has 2 heterocycles. The summed E-state index contributed by atoms with van der Waals surface area (Å²) in [5.41, 5.74) is 11.6. The van der Waals surface area contributed by atoms with Crippen molar-refractivity contribution in [1.82, 2.24) is 9.13 Å². The van der Waals surface area contributed by atoms with Gasteiger partial charge in [-0.25, -0.2) is 4.85 Å². The SMILES string of the molecule is [C-]#[N+]c1ccc(-n2c3ccccc3c3cc(C)ccc32)cc1-c1cc(-c2ccc(C(F)(F)F)cc2C)ccc1-n1c2ccccc2c2cc(C)ccc21. The summed E-state index contributed by atoms with van der Waals surface area (Å²) in [4.78, 5) is 4.03. The van der Waals surface area contributed by atoms with Crippen molar-refractivity contribution in [2.75, 3.05) is 0 Å². The van der Waals surface area contributed by atoms with Crippen LogP contribution in [0.4, 0.5) is 18.9 Å². The average Bonchev–Trinajstić information content (AvgIpc) is 3.66. The van der Waals surface area contributed by atoms with Gasteiger partial charge in [-0.1, -0.05) is 77.9 Å². The van der Waals surface area contributed by atoms with E-state index in [9.17, 15) is 13.2 Å². The number of hydrogen-bond donors (Lipinski definition) is 0. The molecule has 0 atom stereocenters. The second-order valence-corrected chi connectivity index (χ2v) is 13.8. The van der Waals surface area contributed by atoms with Crippen LogP contribution in [0.15, 0.2) is 140 Å². The Morgan fingerprint density at radius 1 is 0.509 bits per heavy atom. The fourth-order valence-electron chi connectivity index (χ4n) is 7.97. The molecule has 9 rings (SSSR count). The van der Waals surface area contributed by atoms with E-state index in [1.807, 2.05) is 48.5 Å². The van der Waals surface area contributed by atoms with Crippen LogP contribution in [0.25, 0.3) is 82.1 Å². The van der Waals surface area contributed by atoms with Crippen molar-refractivity contribution in [3.05, 3.63) is 173 Å². The fourth-order valence-corrected chi connectivity index (χ4v) is 7.97. The predicted octanol–water partition coefficient (Wildman–Crippen LogP) is 13.7. The number of aromatic nitrogens is 2. The van der Waals surface area contributed by atoms with Gasteiger partial charge in [0.2, 0.25) is 0 Å². The van der Waals surface area contributed by atoms with Gasteiger partial charge in [-0.2, -0.15) is 13.2 Å². The molecule has 2 aromatic heterocycles. The number of nitrogens with zero attached hydrogens (tertiary/aromatic N) is 3. The summed E-state index contributed by atoms with van der Waals surface area (Å²) in [6.07, 6.45) is -4.44. The van der Waals surface area contributed by atoms with Gasteiger partial charge >= 0.3 is 6.18 Å². The third kappa shape index (κ3) is 5.19. The minimum Gasteiger partial charge on any atom is -0.309 e. The minimum absolute atomic E-state index is 0.476. The van der Waals surface area contributed by atoms with Gasteiger partial charge in [-0.15, -0.1) is 0 Å². The first-order valence-corrected chi connectivity index (χ1v) is 17.5. The molecule has 0 amide bonds. The van der Waals surface area contributed by atoms with Crippen LogP contribution in [0.1, 0.15) is 22.3 Å². The van der Waals surface area contributed by atoms with Crippen molar-refractivity contribution >= 4 is 49.3 Å². The molecule has 0 N–H and O–H groups in total. The molecule has 0 aliphatic rings. The van der Waals surface area contributed by atoms with Crippen molar-refractivity contribution in [3.63, 3.8) is 0 Å². The van der Waals surface area contributed by atoms with Gasteiger partial charge in [0.05, 0.1) is 39.9 Å². The van der Waals surface area contributed by atoms with Crippen LogP contribution in [0, 0.1) is 27.3 Å². The highest BCUT2D eigenvalue weighted by Gasteiger charge is 2.31. The first-order chi connectivity index (χ1) is 25.6. The normalized spacial score (nSPS) is 11.9. The lowest BCUT2D eigenvalue weighted by atomic mass is 9.93. The molecule has 0 saturated carbocycles. The fraction of sp³-hybridized carbons (Fsp3) is 0.0851. The Kier molecular flexibility index (Phi) is 7.32. The van der Waals surface area contributed by atoms with E-state index in [1.54, 1.807) is 13.0 Å². The van der Waals surface area contributed by atoms with E-state index < -0.39 is 11.7 Å². The van der Waals surface area contributed by atoms with E-state index in [4.69, 9.17) is 6.57 Å². The number of halogens is 3. The molecule has 0 fully saturated rings. The zero-order chi connectivity index (χ0) is 36.6. The largest absolute Gasteiger partial charge is 0.416 e. The molecule has 6 heteroatoms. The summed E-state index contributed by atoms with van der Waals surface area (Å²) in [6, 6.07) is 45.4. The number of alkyl halides is 3. The second kappa shape index (κ2) is 12.0. The minimum atomic E-state index is -4.44. The zero-order valence-electron chi connectivity index (χ0n) is 29.3. The zero-order valence-corrected chi connectivity index (χ0v) is 29.3. The van der Waals surface area contributed by atoms with Gasteiger partial charge in [0.1, 0.15) is 0 Å². The molecule has 0 aliphatic heterocycles. The number of benzene rings is 7. The smallest absolute Gasteiger partial charge is 0.309 e. The van der Waals surface area contributed by atoms with Gasteiger partial charge in [0, 0.05) is 27.2 Å². The Morgan fingerprint density at radius 2 is 1.11 bits per heavy atom. The van der Waals surface area contributed by atoms with Crippen LogP contribution in [-0.2, 0) is 6.18 Å². The molecule has 0 radical (unpaired) electrons.